The molecule has 1 aromatic heterocycles. The Kier molecular flexibility index (Phi) is 3.34. The highest BCUT2D eigenvalue weighted by Gasteiger charge is 2.40. The number of Topliss-reactive ketones (excluding diaryl/α,β-unsaturated/α-hetero) is 1. The Bertz CT molecular complexity index is 721. The Balaban J connectivity index is 2.20. The Labute approximate surface area is 127 Å². The van der Waals surface area contributed by atoms with Gasteiger partial charge in [0.25, 0.3) is 0 Å². The van der Waals surface area contributed by atoms with Crippen molar-refractivity contribution in [3.8, 4) is 6.07 Å². The lowest BCUT2D eigenvalue weighted by atomic mass is 9.77. The average molecular weight is 300 g/mol. The molecular weight excluding hydrogens is 284 g/mol. The van der Waals surface area contributed by atoms with Gasteiger partial charge in [-0.2, -0.15) is 5.26 Å². The van der Waals surface area contributed by atoms with Crippen LogP contribution in [0.2, 0.25) is 0 Å². The zero-order chi connectivity index (χ0) is 15.1. The maximum atomic E-state index is 12.5. The van der Waals surface area contributed by atoms with Crippen LogP contribution in [0.5, 0.6) is 0 Å². The number of ketones is 1. The molecule has 0 amide bonds. The summed E-state index contributed by atoms with van der Waals surface area (Å²) in [6.45, 7) is 4.01. The Morgan fingerprint density at radius 3 is 2.86 bits per heavy atom. The highest BCUT2D eigenvalue weighted by molar-refractivity contribution is 7.10. The first-order chi connectivity index (χ1) is 10.0. The van der Waals surface area contributed by atoms with Gasteiger partial charge in [-0.25, -0.2) is 0 Å². The third-order valence-electron chi connectivity index (χ3n) is 4.03. The molecule has 0 unspecified atom stereocenters. The van der Waals surface area contributed by atoms with E-state index in [2.05, 4.69) is 6.07 Å². The second kappa shape index (κ2) is 5.05. The Morgan fingerprint density at radius 2 is 2.24 bits per heavy atom. The van der Waals surface area contributed by atoms with Crippen LogP contribution in [-0.2, 0) is 9.53 Å². The Hall–Kier alpha value is -2.06. The number of aryl methyl sites for hydroxylation is 1. The van der Waals surface area contributed by atoms with Crippen LogP contribution in [0.1, 0.15) is 36.1 Å². The van der Waals surface area contributed by atoms with Gasteiger partial charge in [0.2, 0.25) is 5.88 Å². The molecule has 2 atom stereocenters. The van der Waals surface area contributed by atoms with E-state index in [4.69, 9.17) is 10.5 Å². The molecule has 0 fully saturated rings. The number of hydrogen-bond donors (Lipinski definition) is 1. The molecule has 0 radical (unpaired) electrons. The number of nitrogens with two attached hydrogens (primary N) is 1. The first kappa shape index (κ1) is 13.9. The molecule has 0 bridgehead atoms. The van der Waals surface area contributed by atoms with E-state index in [1.54, 1.807) is 11.3 Å². The molecule has 2 N–H and O–H groups in total. The van der Waals surface area contributed by atoms with Crippen molar-refractivity contribution in [1.82, 2.24) is 0 Å². The van der Waals surface area contributed by atoms with E-state index in [-0.39, 0.29) is 23.5 Å². The van der Waals surface area contributed by atoms with Gasteiger partial charge in [-0.15, -0.1) is 11.3 Å². The zero-order valence-electron chi connectivity index (χ0n) is 12.0. The van der Waals surface area contributed by atoms with Crippen LogP contribution in [0.25, 0.3) is 0 Å². The van der Waals surface area contributed by atoms with Crippen LogP contribution in [0.3, 0.4) is 0 Å². The third-order valence-corrected chi connectivity index (χ3v) is 5.11. The number of nitrogens with zero attached hydrogens (tertiary/aromatic N) is 1. The molecule has 2 aliphatic rings. The summed E-state index contributed by atoms with van der Waals surface area (Å²) in [4.78, 5) is 13.5. The number of hydrogen-bond acceptors (Lipinski definition) is 5. The van der Waals surface area contributed by atoms with E-state index in [0.717, 1.165) is 10.4 Å². The standard InChI is InChI=1S/C16H16N2O2S/c1-8-5-11(19)14-12(6-8)20-16(18)10(7-17)13(14)15-9(2)3-4-21-15/h3-4,8,13H,5-6,18H2,1-2H3/t8-,13+/m0/s1. The van der Waals surface area contributed by atoms with E-state index in [0.29, 0.717) is 29.7 Å². The van der Waals surface area contributed by atoms with Gasteiger partial charge >= 0.3 is 0 Å². The van der Waals surface area contributed by atoms with Gasteiger partial charge in [0, 0.05) is 23.3 Å². The molecule has 3 rings (SSSR count). The highest BCUT2D eigenvalue weighted by atomic mass is 32.1. The molecule has 108 valence electrons. The summed E-state index contributed by atoms with van der Waals surface area (Å²) in [5, 5.41) is 11.4. The number of ether oxygens (including phenoxy) is 1. The summed E-state index contributed by atoms with van der Waals surface area (Å²) in [7, 11) is 0. The second-order valence-electron chi connectivity index (χ2n) is 5.67. The molecule has 1 aliphatic carbocycles. The minimum atomic E-state index is -0.362. The third kappa shape index (κ3) is 2.16. The predicted molar refractivity (Wildman–Crippen MR) is 80.1 cm³/mol. The van der Waals surface area contributed by atoms with Crippen molar-refractivity contribution in [3.63, 3.8) is 0 Å². The van der Waals surface area contributed by atoms with Crippen LogP contribution in [0.15, 0.2) is 34.2 Å². The largest absolute Gasteiger partial charge is 0.444 e. The molecular formula is C16H16N2O2S. The highest BCUT2D eigenvalue weighted by Crippen LogP contribution is 2.46. The fraction of sp³-hybridized carbons (Fsp3) is 0.375. The van der Waals surface area contributed by atoms with Crippen molar-refractivity contribution in [2.45, 2.75) is 32.6 Å². The molecule has 5 heteroatoms. The lowest BCUT2D eigenvalue weighted by molar-refractivity contribution is -0.117. The lowest BCUT2D eigenvalue weighted by Gasteiger charge is -2.32. The van der Waals surface area contributed by atoms with Crippen molar-refractivity contribution in [3.05, 3.63) is 44.7 Å². The summed E-state index contributed by atoms with van der Waals surface area (Å²) in [5.74, 6) is 0.738. The predicted octanol–water partition coefficient (Wildman–Crippen LogP) is 3.12. The molecule has 0 spiro atoms. The van der Waals surface area contributed by atoms with E-state index in [9.17, 15) is 10.1 Å². The minimum absolute atomic E-state index is 0.0711. The summed E-state index contributed by atoms with van der Waals surface area (Å²) in [5.41, 5.74) is 7.98. The van der Waals surface area contributed by atoms with Crippen LogP contribution >= 0.6 is 11.3 Å². The smallest absolute Gasteiger partial charge is 0.205 e. The Morgan fingerprint density at radius 1 is 1.48 bits per heavy atom. The molecule has 21 heavy (non-hydrogen) atoms. The van der Waals surface area contributed by atoms with Gasteiger partial charge < -0.3 is 10.5 Å². The fourth-order valence-corrected chi connectivity index (χ4v) is 4.08. The van der Waals surface area contributed by atoms with E-state index in [1.807, 2.05) is 25.3 Å². The maximum absolute atomic E-state index is 12.5. The lowest BCUT2D eigenvalue weighted by Crippen LogP contribution is -2.29. The molecule has 0 saturated carbocycles. The van der Waals surface area contributed by atoms with Crippen LogP contribution < -0.4 is 5.73 Å². The number of allylic oxidation sites excluding steroid dienone is 3. The van der Waals surface area contributed by atoms with Gasteiger partial charge in [-0.05, 0) is 29.9 Å². The topological polar surface area (TPSA) is 76.1 Å². The molecule has 0 aromatic carbocycles. The minimum Gasteiger partial charge on any atom is -0.444 e. The van der Waals surface area contributed by atoms with E-state index >= 15 is 0 Å². The first-order valence-electron chi connectivity index (χ1n) is 6.90. The monoisotopic (exact) mass is 300 g/mol. The van der Waals surface area contributed by atoms with Gasteiger partial charge in [0.1, 0.15) is 17.4 Å². The average Bonchev–Trinajstić information content (AvgIpc) is 2.82. The van der Waals surface area contributed by atoms with Gasteiger partial charge in [0.05, 0.1) is 5.92 Å². The molecule has 1 aromatic rings. The van der Waals surface area contributed by atoms with Gasteiger partial charge in [-0.1, -0.05) is 6.92 Å². The normalized spacial score (nSPS) is 25.5. The molecule has 4 nitrogen and oxygen atoms in total. The van der Waals surface area contributed by atoms with Crippen molar-refractivity contribution >= 4 is 17.1 Å². The van der Waals surface area contributed by atoms with E-state index in [1.165, 1.54) is 0 Å². The van der Waals surface area contributed by atoms with Crippen molar-refractivity contribution < 1.29 is 9.53 Å². The number of carbonyl (C=O) groups excluding carboxylic acids is 1. The summed E-state index contributed by atoms with van der Waals surface area (Å²) >= 11 is 1.55. The van der Waals surface area contributed by atoms with Crippen LogP contribution in [0.4, 0.5) is 0 Å². The zero-order valence-corrected chi connectivity index (χ0v) is 12.8. The van der Waals surface area contributed by atoms with E-state index < -0.39 is 0 Å². The quantitative estimate of drug-likeness (QED) is 0.864. The number of rotatable bonds is 1. The SMILES string of the molecule is Cc1ccsc1[C@@H]1C(C#N)=C(N)OC2=C1C(=O)C[C@H](C)C2. The van der Waals surface area contributed by atoms with Crippen molar-refractivity contribution in [1.29, 1.82) is 5.26 Å². The first-order valence-corrected chi connectivity index (χ1v) is 7.78. The van der Waals surface area contributed by atoms with Crippen LogP contribution in [-0.4, -0.2) is 5.78 Å². The number of carbonyl (C=O) groups is 1. The summed E-state index contributed by atoms with van der Waals surface area (Å²) in [6.07, 6.45) is 1.20. The fourth-order valence-electron chi connectivity index (χ4n) is 3.04. The van der Waals surface area contributed by atoms with Crippen LogP contribution in [0, 0.1) is 24.2 Å². The maximum Gasteiger partial charge on any atom is 0.205 e. The molecule has 2 heterocycles. The summed E-state index contributed by atoms with van der Waals surface area (Å²) in [6, 6.07) is 4.13. The number of thiophene rings is 1. The van der Waals surface area contributed by atoms with Gasteiger partial charge in [-0.3, -0.25) is 4.79 Å². The molecule has 1 aliphatic heterocycles. The van der Waals surface area contributed by atoms with Crippen molar-refractivity contribution in [2.75, 3.05) is 0 Å². The second-order valence-corrected chi connectivity index (χ2v) is 6.61. The number of nitriles is 1. The van der Waals surface area contributed by atoms with Crippen molar-refractivity contribution in [2.24, 2.45) is 11.7 Å². The van der Waals surface area contributed by atoms with Gasteiger partial charge in [0.15, 0.2) is 5.78 Å². The molecule has 0 saturated heterocycles. The summed E-state index contributed by atoms with van der Waals surface area (Å²) < 4.78 is 5.60.